The van der Waals surface area contributed by atoms with E-state index in [0.29, 0.717) is 16.9 Å². The van der Waals surface area contributed by atoms with Gasteiger partial charge in [0.15, 0.2) is 0 Å². The summed E-state index contributed by atoms with van der Waals surface area (Å²) in [6, 6.07) is 3.32. The zero-order valence-corrected chi connectivity index (χ0v) is 10.6. The van der Waals surface area contributed by atoms with E-state index < -0.39 is 0 Å². The molecule has 0 atom stereocenters. The molecule has 0 saturated heterocycles. The Kier molecular flexibility index (Phi) is 3.15. The summed E-state index contributed by atoms with van der Waals surface area (Å²) >= 11 is 5.81. The van der Waals surface area contributed by atoms with Crippen LogP contribution in [0.2, 0.25) is 5.28 Å². The topological polar surface area (TPSA) is 37.8 Å². The van der Waals surface area contributed by atoms with E-state index >= 15 is 0 Å². The van der Waals surface area contributed by atoms with Crippen LogP contribution >= 0.6 is 11.6 Å². The predicted octanol–water partition coefficient (Wildman–Crippen LogP) is 3.55. The lowest BCUT2D eigenvalue weighted by atomic mass is 10.1. The SMILES string of the molecule is Cc1cc2c(NC(C)C)nc(Cl)nc2cc1F. The molecule has 2 aromatic rings. The van der Waals surface area contributed by atoms with Gasteiger partial charge in [-0.1, -0.05) is 0 Å². The number of halogens is 2. The van der Waals surface area contributed by atoms with E-state index in [9.17, 15) is 4.39 Å². The molecule has 1 N–H and O–H groups in total. The first-order valence-corrected chi connectivity index (χ1v) is 5.75. The van der Waals surface area contributed by atoms with Gasteiger partial charge in [0.05, 0.1) is 5.52 Å². The van der Waals surface area contributed by atoms with Crippen molar-refractivity contribution in [3.63, 3.8) is 0 Å². The zero-order valence-electron chi connectivity index (χ0n) is 9.88. The Bertz CT molecular complexity index is 569. The van der Waals surface area contributed by atoms with Gasteiger partial charge in [0, 0.05) is 17.5 Å². The Balaban J connectivity index is 2.69. The smallest absolute Gasteiger partial charge is 0.224 e. The average Bonchev–Trinajstić information content (AvgIpc) is 2.20. The van der Waals surface area contributed by atoms with Crippen LogP contribution in [0.4, 0.5) is 10.2 Å². The molecule has 0 amide bonds. The third kappa shape index (κ3) is 2.47. The molecule has 0 aliphatic carbocycles. The van der Waals surface area contributed by atoms with Crippen molar-refractivity contribution in [2.45, 2.75) is 26.8 Å². The summed E-state index contributed by atoms with van der Waals surface area (Å²) in [5, 5.41) is 4.07. The van der Waals surface area contributed by atoms with E-state index in [1.807, 2.05) is 13.8 Å². The number of anilines is 1. The van der Waals surface area contributed by atoms with Gasteiger partial charge in [-0.05, 0) is 44.0 Å². The molecule has 0 fully saturated rings. The normalized spacial score (nSPS) is 11.2. The van der Waals surface area contributed by atoms with E-state index in [0.717, 1.165) is 5.39 Å². The maximum Gasteiger partial charge on any atom is 0.224 e. The molecule has 90 valence electrons. The van der Waals surface area contributed by atoms with Crippen LogP contribution in [0.3, 0.4) is 0 Å². The number of nitrogens with zero attached hydrogens (tertiary/aromatic N) is 2. The zero-order chi connectivity index (χ0) is 12.6. The molecule has 0 radical (unpaired) electrons. The Labute approximate surface area is 104 Å². The maximum absolute atomic E-state index is 13.5. The van der Waals surface area contributed by atoms with Crippen molar-refractivity contribution in [3.8, 4) is 0 Å². The molecule has 1 aromatic heterocycles. The number of hydrogen-bond donors (Lipinski definition) is 1. The maximum atomic E-state index is 13.5. The van der Waals surface area contributed by atoms with Crippen molar-refractivity contribution in [2.75, 3.05) is 5.32 Å². The minimum Gasteiger partial charge on any atom is -0.367 e. The summed E-state index contributed by atoms with van der Waals surface area (Å²) in [6.07, 6.45) is 0. The second-order valence-electron chi connectivity index (χ2n) is 4.26. The minimum absolute atomic E-state index is 0.115. The molecular formula is C12H13ClFN3. The van der Waals surface area contributed by atoms with Crippen LogP contribution in [0.15, 0.2) is 12.1 Å². The van der Waals surface area contributed by atoms with Crippen LogP contribution in [-0.2, 0) is 0 Å². The first-order chi connectivity index (χ1) is 7.97. The fraction of sp³-hybridized carbons (Fsp3) is 0.333. The molecule has 0 spiro atoms. The van der Waals surface area contributed by atoms with Crippen LogP contribution in [0.1, 0.15) is 19.4 Å². The summed E-state index contributed by atoms with van der Waals surface area (Å²) < 4.78 is 13.5. The second-order valence-corrected chi connectivity index (χ2v) is 4.60. The summed E-state index contributed by atoms with van der Waals surface area (Å²) in [6.45, 7) is 5.71. The standard InChI is InChI=1S/C12H13ClFN3/c1-6(2)15-11-8-4-7(3)9(14)5-10(8)16-12(13)17-11/h4-6H,1-3H3,(H,15,16,17). The molecule has 0 unspecified atom stereocenters. The van der Waals surface area contributed by atoms with Crippen LogP contribution in [0.5, 0.6) is 0 Å². The highest BCUT2D eigenvalue weighted by Gasteiger charge is 2.10. The van der Waals surface area contributed by atoms with Crippen LogP contribution in [0, 0.1) is 12.7 Å². The van der Waals surface area contributed by atoms with Gasteiger partial charge < -0.3 is 5.32 Å². The van der Waals surface area contributed by atoms with Gasteiger partial charge in [-0.2, -0.15) is 0 Å². The van der Waals surface area contributed by atoms with Gasteiger partial charge in [-0.15, -0.1) is 0 Å². The third-order valence-electron chi connectivity index (χ3n) is 2.37. The highest BCUT2D eigenvalue weighted by Crippen LogP contribution is 2.25. The van der Waals surface area contributed by atoms with Crippen molar-refractivity contribution in [1.29, 1.82) is 0 Å². The van der Waals surface area contributed by atoms with Crippen molar-refractivity contribution in [2.24, 2.45) is 0 Å². The number of rotatable bonds is 2. The number of aromatic nitrogens is 2. The Morgan fingerprint density at radius 2 is 2.00 bits per heavy atom. The van der Waals surface area contributed by atoms with E-state index in [2.05, 4.69) is 15.3 Å². The fourth-order valence-corrected chi connectivity index (χ4v) is 1.79. The van der Waals surface area contributed by atoms with E-state index in [-0.39, 0.29) is 17.1 Å². The summed E-state index contributed by atoms with van der Waals surface area (Å²) in [5.74, 6) is 0.348. The lowest BCUT2D eigenvalue weighted by Crippen LogP contribution is -2.12. The number of hydrogen-bond acceptors (Lipinski definition) is 3. The molecule has 5 heteroatoms. The molecule has 1 aromatic carbocycles. The molecular weight excluding hydrogens is 241 g/mol. The van der Waals surface area contributed by atoms with Gasteiger partial charge in [0.2, 0.25) is 5.28 Å². The lowest BCUT2D eigenvalue weighted by molar-refractivity contribution is 0.620. The highest BCUT2D eigenvalue weighted by molar-refractivity contribution is 6.28. The van der Waals surface area contributed by atoms with E-state index in [1.165, 1.54) is 6.07 Å². The molecule has 0 aliphatic rings. The molecule has 0 saturated carbocycles. The molecule has 3 nitrogen and oxygen atoms in total. The summed E-state index contributed by atoms with van der Waals surface area (Å²) in [5.41, 5.74) is 1.08. The predicted molar refractivity (Wildman–Crippen MR) is 68.0 cm³/mol. The second kappa shape index (κ2) is 4.45. The fourth-order valence-electron chi connectivity index (χ4n) is 1.61. The largest absolute Gasteiger partial charge is 0.367 e. The molecule has 17 heavy (non-hydrogen) atoms. The molecule has 0 bridgehead atoms. The number of nitrogens with one attached hydrogen (secondary N) is 1. The van der Waals surface area contributed by atoms with Crippen molar-refractivity contribution in [3.05, 3.63) is 28.8 Å². The van der Waals surface area contributed by atoms with Gasteiger partial charge in [-0.3, -0.25) is 0 Å². The van der Waals surface area contributed by atoms with Gasteiger partial charge in [0.1, 0.15) is 11.6 Å². The highest BCUT2D eigenvalue weighted by atomic mass is 35.5. The number of aryl methyl sites for hydroxylation is 1. The summed E-state index contributed by atoms with van der Waals surface area (Å²) in [7, 11) is 0. The van der Waals surface area contributed by atoms with Gasteiger partial charge in [-0.25, -0.2) is 14.4 Å². The van der Waals surface area contributed by atoms with Crippen LogP contribution < -0.4 is 5.32 Å². The van der Waals surface area contributed by atoms with E-state index in [4.69, 9.17) is 11.6 Å². The van der Waals surface area contributed by atoms with Crippen LogP contribution in [0.25, 0.3) is 10.9 Å². The number of benzene rings is 1. The third-order valence-corrected chi connectivity index (χ3v) is 2.54. The van der Waals surface area contributed by atoms with Crippen LogP contribution in [-0.4, -0.2) is 16.0 Å². The quantitative estimate of drug-likeness (QED) is 0.832. The Hall–Kier alpha value is -1.42. The molecule has 2 rings (SSSR count). The van der Waals surface area contributed by atoms with Crippen molar-refractivity contribution in [1.82, 2.24) is 9.97 Å². The average molecular weight is 254 g/mol. The van der Waals surface area contributed by atoms with Crippen molar-refractivity contribution >= 4 is 28.3 Å². The first-order valence-electron chi connectivity index (χ1n) is 5.37. The minimum atomic E-state index is -0.289. The lowest BCUT2D eigenvalue weighted by Gasteiger charge is -2.12. The molecule has 1 heterocycles. The monoisotopic (exact) mass is 253 g/mol. The number of fused-ring (bicyclic) bond motifs is 1. The Morgan fingerprint density at radius 1 is 1.29 bits per heavy atom. The first kappa shape index (κ1) is 12.0. The molecule has 0 aliphatic heterocycles. The van der Waals surface area contributed by atoms with E-state index in [1.54, 1.807) is 13.0 Å². The Morgan fingerprint density at radius 3 is 2.65 bits per heavy atom. The summed E-state index contributed by atoms with van der Waals surface area (Å²) in [4.78, 5) is 8.15. The van der Waals surface area contributed by atoms with Gasteiger partial charge in [0.25, 0.3) is 0 Å². The van der Waals surface area contributed by atoms with Gasteiger partial charge >= 0.3 is 0 Å². The van der Waals surface area contributed by atoms with Crippen molar-refractivity contribution < 1.29 is 4.39 Å².